The summed E-state index contributed by atoms with van der Waals surface area (Å²) in [7, 11) is 0. The Hall–Kier alpha value is -3.23. The van der Waals surface area contributed by atoms with E-state index in [1.807, 2.05) is 30.3 Å². The van der Waals surface area contributed by atoms with Gasteiger partial charge in [0.25, 0.3) is 0 Å². The Labute approximate surface area is 148 Å². The number of likely N-dealkylation sites (tertiary alicyclic amines) is 1. The molecule has 0 saturated carbocycles. The number of carbonyl (C=O) groups is 1. The Morgan fingerprint density at radius 1 is 1.31 bits per heavy atom. The van der Waals surface area contributed by atoms with Crippen molar-refractivity contribution < 1.29 is 9.32 Å². The van der Waals surface area contributed by atoms with Gasteiger partial charge < -0.3 is 9.42 Å². The molecule has 1 aliphatic rings. The molecule has 1 aliphatic heterocycles. The van der Waals surface area contributed by atoms with E-state index in [9.17, 15) is 9.59 Å². The molecule has 1 amide bonds. The lowest BCUT2D eigenvalue weighted by atomic mass is 10.2. The highest BCUT2D eigenvalue weighted by Crippen LogP contribution is 2.29. The summed E-state index contributed by atoms with van der Waals surface area (Å²) < 4.78 is 5.25. The summed E-state index contributed by atoms with van der Waals surface area (Å²) in [4.78, 5) is 32.6. The molecule has 0 bridgehead atoms. The van der Waals surface area contributed by atoms with E-state index in [0.29, 0.717) is 30.5 Å². The van der Waals surface area contributed by atoms with Crippen LogP contribution in [-0.2, 0) is 11.2 Å². The fourth-order valence-corrected chi connectivity index (χ4v) is 3.21. The Balaban J connectivity index is 1.39. The molecule has 1 saturated heterocycles. The van der Waals surface area contributed by atoms with Crippen molar-refractivity contribution in [1.29, 1.82) is 0 Å². The summed E-state index contributed by atoms with van der Waals surface area (Å²) >= 11 is 0. The van der Waals surface area contributed by atoms with Gasteiger partial charge in [0.2, 0.25) is 17.6 Å². The first-order valence-electron chi connectivity index (χ1n) is 8.53. The van der Waals surface area contributed by atoms with Crippen molar-refractivity contribution in [3.05, 3.63) is 52.5 Å². The minimum absolute atomic E-state index is 0.0178. The molecule has 4 rings (SSSR count). The van der Waals surface area contributed by atoms with Crippen LogP contribution in [0.15, 0.2) is 39.6 Å². The van der Waals surface area contributed by atoms with Crippen LogP contribution in [0.3, 0.4) is 0 Å². The Bertz CT molecular complexity index is 945. The van der Waals surface area contributed by atoms with Crippen molar-refractivity contribution in [1.82, 2.24) is 30.2 Å². The van der Waals surface area contributed by atoms with Crippen molar-refractivity contribution in [2.45, 2.75) is 31.7 Å². The molecule has 26 heavy (non-hydrogen) atoms. The molecular formula is C17H18N6O3. The standard InChI is InChI=1S/C17H18N6O3/c24-14(23-10-4-7-12(23)16-19-17(25)21-20-16)9-8-13-18-15(22-26-13)11-5-2-1-3-6-11/h1-3,5-6,12H,4,7-10H2,(H2,19,20,21,25)/t12-/m0/s1. The Morgan fingerprint density at radius 3 is 2.92 bits per heavy atom. The number of amides is 1. The van der Waals surface area contributed by atoms with E-state index < -0.39 is 0 Å². The normalized spacial score (nSPS) is 16.9. The molecule has 134 valence electrons. The highest BCUT2D eigenvalue weighted by atomic mass is 16.5. The van der Waals surface area contributed by atoms with Crippen LogP contribution in [0.1, 0.15) is 37.0 Å². The average Bonchev–Trinajstić information content (AvgIpc) is 3.40. The molecule has 0 unspecified atom stereocenters. The molecule has 1 fully saturated rings. The maximum absolute atomic E-state index is 12.6. The highest BCUT2D eigenvalue weighted by molar-refractivity contribution is 5.77. The van der Waals surface area contributed by atoms with Crippen molar-refractivity contribution in [3.8, 4) is 11.4 Å². The van der Waals surface area contributed by atoms with E-state index >= 15 is 0 Å². The molecule has 1 atom stereocenters. The quantitative estimate of drug-likeness (QED) is 0.715. The van der Waals surface area contributed by atoms with Gasteiger partial charge in [-0.25, -0.2) is 9.89 Å². The smallest absolute Gasteiger partial charge is 0.339 e. The second-order valence-corrected chi connectivity index (χ2v) is 6.19. The zero-order valence-corrected chi connectivity index (χ0v) is 14.0. The van der Waals surface area contributed by atoms with Gasteiger partial charge >= 0.3 is 5.69 Å². The average molecular weight is 354 g/mol. The summed E-state index contributed by atoms with van der Waals surface area (Å²) in [5, 5.41) is 10.3. The fourth-order valence-electron chi connectivity index (χ4n) is 3.21. The molecule has 0 aliphatic carbocycles. The van der Waals surface area contributed by atoms with Gasteiger partial charge in [0.05, 0.1) is 6.04 Å². The number of aryl methyl sites for hydroxylation is 1. The van der Waals surface area contributed by atoms with Gasteiger partial charge in [-0.2, -0.15) is 10.1 Å². The third-order valence-corrected chi connectivity index (χ3v) is 4.46. The van der Waals surface area contributed by atoms with Crippen molar-refractivity contribution in [2.75, 3.05) is 6.54 Å². The maximum Gasteiger partial charge on any atom is 0.340 e. The minimum Gasteiger partial charge on any atom is -0.339 e. The van der Waals surface area contributed by atoms with E-state index in [1.165, 1.54) is 0 Å². The second-order valence-electron chi connectivity index (χ2n) is 6.19. The maximum atomic E-state index is 12.6. The number of rotatable bonds is 5. The van der Waals surface area contributed by atoms with Crippen LogP contribution in [0.4, 0.5) is 0 Å². The van der Waals surface area contributed by atoms with Crippen LogP contribution < -0.4 is 5.69 Å². The SMILES string of the molecule is O=C(CCc1nc(-c2ccccc2)no1)N1CCC[C@H]1c1n[nH]c(=O)[nH]1. The second kappa shape index (κ2) is 6.95. The number of aromatic nitrogens is 5. The van der Waals surface area contributed by atoms with Crippen LogP contribution in [0.5, 0.6) is 0 Å². The summed E-state index contributed by atoms with van der Waals surface area (Å²) in [6.07, 6.45) is 2.30. The van der Waals surface area contributed by atoms with Crippen molar-refractivity contribution in [2.24, 2.45) is 0 Å². The fraction of sp³-hybridized carbons (Fsp3) is 0.353. The molecular weight excluding hydrogens is 336 g/mol. The Kier molecular flexibility index (Phi) is 4.34. The van der Waals surface area contributed by atoms with Gasteiger partial charge in [-0.3, -0.25) is 9.78 Å². The predicted octanol–water partition coefficient (Wildman–Crippen LogP) is 1.44. The molecule has 0 radical (unpaired) electrons. The van der Waals surface area contributed by atoms with E-state index in [4.69, 9.17) is 4.52 Å². The zero-order chi connectivity index (χ0) is 17.9. The van der Waals surface area contributed by atoms with Gasteiger partial charge in [-0.15, -0.1) is 0 Å². The first-order valence-corrected chi connectivity index (χ1v) is 8.53. The molecule has 9 heteroatoms. The van der Waals surface area contributed by atoms with Crippen LogP contribution in [0.2, 0.25) is 0 Å². The molecule has 3 aromatic rings. The van der Waals surface area contributed by atoms with Gasteiger partial charge in [-0.05, 0) is 12.8 Å². The lowest BCUT2D eigenvalue weighted by Crippen LogP contribution is -2.31. The predicted molar refractivity (Wildman–Crippen MR) is 91.0 cm³/mol. The third kappa shape index (κ3) is 3.28. The molecule has 0 spiro atoms. The summed E-state index contributed by atoms with van der Waals surface area (Å²) in [5.41, 5.74) is 0.509. The topological polar surface area (TPSA) is 121 Å². The van der Waals surface area contributed by atoms with E-state index in [1.54, 1.807) is 4.90 Å². The number of hydrogen-bond acceptors (Lipinski definition) is 6. The summed E-state index contributed by atoms with van der Waals surface area (Å²) in [5.74, 6) is 1.43. The molecule has 2 aromatic heterocycles. The molecule has 2 N–H and O–H groups in total. The number of benzene rings is 1. The van der Waals surface area contributed by atoms with Gasteiger partial charge in [0, 0.05) is 24.9 Å². The third-order valence-electron chi connectivity index (χ3n) is 4.46. The van der Waals surface area contributed by atoms with Crippen molar-refractivity contribution in [3.63, 3.8) is 0 Å². The van der Waals surface area contributed by atoms with Gasteiger partial charge in [0.15, 0.2) is 5.82 Å². The zero-order valence-electron chi connectivity index (χ0n) is 14.0. The number of aromatic amines is 2. The van der Waals surface area contributed by atoms with E-state index in [0.717, 1.165) is 18.4 Å². The molecule has 9 nitrogen and oxygen atoms in total. The minimum atomic E-state index is -0.362. The monoisotopic (exact) mass is 354 g/mol. The summed E-state index contributed by atoms with van der Waals surface area (Å²) in [6, 6.07) is 9.34. The van der Waals surface area contributed by atoms with Crippen LogP contribution in [0, 0.1) is 0 Å². The summed E-state index contributed by atoms with van der Waals surface area (Å²) in [6.45, 7) is 0.650. The van der Waals surface area contributed by atoms with E-state index in [-0.39, 0.29) is 24.1 Å². The molecule has 3 heterocycles. The van der Waals surface area contributed by atoms with Crippen molar-refractivity contribution >= 4 is 5.91 Å². The number of H-pyrrole nitrogens is 2. The number of carbonyl (C=O) groups excluding carboxylic acids is 1. The Morgan fingerprint density at radius 2 is 2.15 bits per heavy atom. The highest BCUT2D eigenvalue weighted by Gasteiger charge is 2.32. The first kappa shape index (κ1) is 16.2. The number of nitrogens with zero attached hydrogens (tertiary/aromatic N) is 4. The number of hydrogen-bond donors (Lipinski definition) is 2. The lowest BCUT2D eigenvalue weighted by Gasteiger charge is -2.22. The van der Waals surface area contributed by atoms with E-state index in [2.05, 4.69) is 25.3 Å². The van der Waals surface area contributed by atoms with Crippen LogP contribution in [0.25, 0.3) is 11.4 Å². The number of nitrogens with one attached hydrogen (secondary N) is 2. The van der Waals surface area contributed by atoms with Gasteiger partial charge in [-0.1, -0.05) is 35.5 Å². The lowest BCUT2D eigenvalue weighted by molar-refractivity contribution is -0.132. The van der Waals surface area contributed by atoms with Crippen LogP contribution >= 0.6 is 0 Å². The van der Waals surface area contributed by atoms with Crippen LogP contribution in [-0.4, -0.2) is 42.7 Å². The first-order chi connectivity index (χ1) is 12.7. The van der Waals surface area contributed by atoms with Gasteiger partial charge in [0.1, 0.15) is 0 Å². The largest absolute Gasteiger partial charge is 0.340 e. The molecule has 1 aromatic carbocycles.